The fourth-order valence-electron chi connectivity index (χ4n) is 4.49. The lowest BCUT2D eigenvalue weighted by Crippen LogP contribution is -2.27. The Balaban J connectivity index is 1.48. The first-order valence-corrected chi connectivity index (χ1v) is 12.4. The van der Waals surface area contributed by atoms with E-state index in [1.807, 2.05) is 48.5 Å². The zero-order valence-electron chi connectivity index (χ0n) is 20.4. The Bertz CT molecular complexity index is 1460. The van der Waals surface area contributed by atoms with Crippen molar-refractivity contribution in [2.24, 2.45) is 0 Å². The molecule has 1 aliphatic rings. The van der Waals surface area contributed by atoms with Gasteiger partial charge in [-0.2, -0.15) is 0 Å². The molecule has 1 saturated carbocycles. The number of carboxylic acids is 1. The molecule has 5 rings (SSSR count). The van der Waals surface area contributed by atoms with E-state index in [9.17, 15) is 14.7 Å². The van der Waals surface area contributed by atoms with Gasteiger partial charge < -0.3 is 14.4 Å². The Morgan fingerprint density at radius 2 is 1.65 bits per heavy atom. The van der Waals surface area contributed by atoms with E-state index in [1.54, 1.807) is 38.1 Å². The number of aromatic nitrogens is 1. The van der Waals surface area contributed by atoms with Crippen LogP contribution in [0.2, 0.25) is 5.02 Å². The number of hydrogen-bond donors (Lipinski definition) is 1. The van der Waals surface area contributed by atoms with Crippen LogP contribution in [0.3, 0.4) is 0 Å². The van der Waals surface area contributed by atoms with Gasteiger partial charge in [0.1, 0.15) is 11.4 Å². The highest BCUT2D eigenvalue weighted by atomic mass is 35.5. The predicted molar refractivity (Wildman–Crippen MR) is 141 cm³/mol. The van der Waals surface area contributed by atoms with E-state index in [4.69, 9.17) is 20.9 Å². The Morgan fingerprint density at radius 1 is 1.03 bits per heavy atom. The molecule has 0 atom stereocenters. The first-order valence-electron chi connectivity index (χ1n) is 12.0. The van der Waals surface area contributed by atoms with Gasteiger partial charge in [-0.3, -0.25) is 4.79 Å². The Labute approximate surface area is 219 Å². The maximum absolute atomic E-state index is 13.0. The molecule has 0 radical (unpaired) electrons. The lowest BCUT2D eigenvalue weighted by molar-refractivity contribution is -0.140. The van der Waals surface area contributed by atoms with E-state index in [-0.39, 0.29) is 6.61 Å². The Hall–Kier alpha value is -4.10. The summed E-state index contributed by atoms with van der Waals surface area (Å²) in [6.45, 7) is 3.71. The van der Waals surface area contributed by atoms with Gasteiger partial charge in [-0.1, -0.05) is 71.4 Å². The number of amides is 1. The molecule has 1 fully saturated rings. The smallest absolute Gasteiger partial charge is 0.419 e. The standard InChI is InChI=1S/C29H25ClN2O5/c1-3-36-28(35)32(24-6-4-5-23(30)17-24)25-18(2)31-37-26(25)21-9-7-19(8-10-21)20-11-13-22(14-12-20)29(15-16-29)27(33)34/h4-14,17H,3,15-16H2,1-2H3,(H,33,34). The molecule has 3 aromatic carbocycles. The molecule has 0 unspecified atom stereocenters. The summed E-state index contributed by atoms with van der Waals surface area (Å²) in [6, 6.07) is 22.3. The molecular weight excluding hydrogens is 492 g/mol. The summed E-state index contributed by atoms with van der Waals surface area (Å²) < 4.78 is 11.0. The number of anilines is 2. The molecule has 0 bridgehead atoms. The second kappa shape index (κ2) is 9.75. The highest BCUT2D eigenvalue weighted by Gasteiger charge is 2.51. The summed E-state index contributed by atoms with van der Waals surface area (Å²) in [5, 5.41) is 14.2. The van der Waals surface area contributed by atoms with Crippen LogP contribution in [0, 0.1) is 6.92 Å². The van der Waals surface area contributed by atoms with Crippen molar-refractivity contribution >= 4 is 35.0 Å². The third-order valence-corrected chi connectivity index (χ3v) is 6.88. The zero-order chi connectivity index (χ0) is 26.2. The molecule has 1 aliphatic carbocycles. The minimum absolute atomic E-state index is 0.205. The number of hydrogen-bond acceptors (Lipinski definition) is 5. The molecule has 7 nitrogen and oxygen atoms in total. The third-order valence-electron chi connectivity index (χ3n) is 6.65. The van der Waals surface area contributed by atoms with Gasteiger partial charge in [-0.05, 0) is 61.6 Å². The topological polar surface area (TPSA) is 92.9 Å². The summed E-state index contributed by atoms with van der Waals surface area (Å²) >= 11 is 6.21. The van der Waals surface area contributed by atoms with E-state index in [1.165, 1.54) is 4.90 Å². The number of aliphatic carboxylic acids is 1. The number of halogens is 1. The van der Waals surface area contributed by atoms with Crippen molar-refractivity contribution in [3.05, 3.63) is 89.1 Å². The molecule has 1 heterocycles. The maximum Gasteiger partial charge on any atom is 0.419 e. The molecule has 0 saturated heterocycles. The van der Waals surface area contributed by atoms with Crippen LogP contribution in [0.1, 0.15) is 31.0 Å². The minimum atomic E-state index is -0.766. The number of aryl methyl sites for hydroxylation is 1. The van der Waals surface area contributed by atoms with Crippen molar-refractivity contribution in [2.75, 3.05) is 11.5 Å². The number of carbonyl (C=O) groups is 2. The fourth-order valence-corrected chi connectivity index (χ4v) is 4.68. The van der Waals surface area contributed by atoms with Gasteiger partial charge in [-0.25, -0.2) is 9.69 Å². The molecule has 1 amide bonds. The normalized spacial score (nSPS) is 13.7. The second-order valence-electron chi connectivity index (χ2n) is 9.00. The summed E-state index contributed by atoms with van der Waals surface area (Å²) in [4.78, 5) is 26.1. The molecule has 188 valence electrons. The van der Waals surface area contributed by atoms with E-state index >= 15 is 0 Å². The number of nitrogens with zero attached hydrogens (tertiary/aromatic N) is 2. The number of benzene rings is 3. The monoisotopic (exact) mass is 516 g/mol. The van der Waals surface area contributed by atoms with Gasteiger partial charge in [0.2, 0.25) is 0 Å². The highest BCUT2D eigenvalue weighted by Crippen LogP contribution is 2.48. The van der Waals surface area contributed by atoms with E-state index in [0.29, 0.717) is 40.7 Å². The van der Waals surface area contributed by atoms with Crippen LogP contribution in [-0.4, -0.2) is 28.9 Å². The van der Waals surface area contributed by atoms with Gasteiger partial charge in [0.15, 0.2) is 5.76 Å². The first-order chi connectivity index (χ1) is 17.8. The SMILES string of the molecule is CCOC(=O)N(c1cccc(Cl)c1)c1c(C)noc1-c1ccc(-c2ccc(C3(C(=O)O)CC3)cc2)cc1. The predicted octanol–water partition coefficient (Wildman–Crippen LogP) is 7.38. The first kappa shape index (κ1) is 24.6. The van der Waals surface area contributed by atoms with Crippen molar-refractivity contribution in [3.8, 4) is 22.5 Å². The van der Waals surface area contributed by atoms with Crippen LogP contribution in [0.25, 0.3) is 22.5 Å². The summed E-state index contributed by atoms with van der Waals surface area (Å²) in [5.41, 5.74) is 4.30. The van der Waals surface area contributed by atoms with Crippen LogP contribution in [-0.2, 0) is 14.9 Å². The molecule has 1 N–H and O–H groups in total. The lowest BCUT2D eigenvalue weighted by Gasteiger charge is -2.22. The number of ether oxygens (including phenoxy) is 1. The Morgan fingerprint density at radius 3 is 2.22 bits per heavy atom. The highest BCUT2D eigenvalue weighted by molar-refractivity contribution is 6.31. The number of carbonyl (C=O) groups excluding carboxylic acids is 1. The van der Waals surface area contributed by atoms with Crippen molar-refractivity contribution in [1.29, 1.82) is 0 Å². The second-order valence-corrected chi connectivity index (χ2v) is 9.44. The van der Waals surface area contributed by atoms with Crippen LogP contribution < -0.4 is 4.90 Å². The van der Waals surface area contributed by atoms with Crippen LogP contribution in [0.15, 0.2) is 77.3 Å². The summed E-state index contributed by atoms with van der Waals surface area (Å²) in [7, 11) is 0. The molecule has 0 aliphatic heterocycles. The minimum Gasteiger partial charge on any atom is -0.481 e. The lowest BCUT2D eigenvalue weighted by atomic mass is 9.93. The summed E-state index contributed by atoms with van der Waals surface area (Å²) in [6.07, 6.45) is 0.782. The molecule has 0 spiro atoms. The molecule has 8 heteroatoms. The van der Waals surface area contributed by atoms with Crippen molar-refractivity contribution < 1.29 is 24.0 Å². The molecule has 1 aromatic heterocycles. The van der Waals surface area contributed by atoms with Crippen LogP contribution in [0.5, 0.6) is 0 Å². The third kappa shape index (κ3) is 4.58. The van der Waals surface area contributed by atoms with Gasteiger partial charge in [0.25, 0.3) is 0 Å². The van der Waals surface area contributed by atoms with Gasteiger partial charge in [0, 0.05) is 10.6 Å². The van der Waals surface area contributed by atoms with Crippen LogP contribution >= 0.6 is 11.6 Å². The van der Waals surface area contributed by atoms with E-state index in [0.717, 1.165) is 22.3 Å². The van der Waals surface area contributed by atoms with Crippen LogP contribution in [0.4, 0.5) is 16.2 Å². The zero-order valence-corrected chi connectivity index (χ0v) is 21.2. The summed E-state index contributed by atoms with van der Waals surface area (Å²) in [5.74, 6) is -0.345. The number of rotatable bonds is 7. The average Bonchev–Trinajstić information content (AvgIpc) is 3.63. The van der Waals surface area contributed by atoms with E-state index < -0.39 is 17.5 Å². The molecule has 4 aromatic rings. The van der Waals surface area contributed by atoms with Gasteiger partial charge in [0.05, 0.1) is 17.7 Å². The maximum atomic E-state index is 13.0. The van der Waals surface area contributed by atoms with Gasteiger partial charge >= 0.3 is 12.1 Å². The van der Waals surface area contributed by atoms with Crippen molar-refractivity contribution in [2.45, 2.75) is 32.1 Å². The number of carboxylic acid groups (broad SMARTS) is 1. The Kier molecular flexibility index (Phi) is 6.48. The largest absolute Gasteiger partial charge is 0.481 e. The quantitative estimate of drug-likeness (QED) is 0.275. The molecule has 37 heavy (non-hydrogen) atoms. The van der Waals surface area contributed by atoms with Crippen molar-refractivity contribution in [1.82, 2.24) is 5.16 Å². The van der Waals surface area contributed by atoms with Gasteiger partial charge in [-0.15, -0.1) is 0 Å². The van der Waals surface area contributed by atoms with E-state index in [2.05, 4.69) is 5.16 Å². The fraction of sp³-hybridized carbons (Fsp3) is 0.207. The van der Waals surface area contributed by atoms with Crippen molar-refractivity contribution in [3.63, 3.8) is 0 Å². The average molecular weight is 517 g/mol. The molecular formula is C29H25ClN2O5.